The lowest BCUT2D eigenvalue weighted by Gasteiger charge is -1.99. The van der Waals surface area contributed by atoms with E-state index < -0.39 is 0 Å². The summed E-state index contributed by atoms with van der Waals surface area (Å²) < 4.78 is 0. The number of aliphatic hydroxyl groups excluding tert-OH is 1. The van der Waals surface area contributed by atoms with Gasteiger partial charge >= 0.3 is 0 Å². The summed E-state index contributed by atoms with van der Waals surface area (Å²) >= 11 is 5.45. The highest BCUT2D eigenvalue weighted by molar-refractivity contribution is 7.80. The van der Waals surface area contributed by atoms with Crippen LogP contribution in [0.3, 0.4) is 0 Å². The third-order valence-electron chi connectivity index (χ3n) is 2.09. The van der Waals surface area contributed by atoms with E-state index in [9.17, 15) is 5.11 Å². The van der Waals surface area contributed by atoms with Crippen LogP contribution < -0.4 is 5.32 Å². The second kappa shape index (κ2) is 5.75. The largest absolute Gasteiger partial charge is 0.495 e. The Morgan fingerprint density at radius 3 is 2.88 bits per heavy atom. The number of hydrogen-bond donors (Lipinski definition) is 3. The molecule has 0 aliphatic heterocycles. The predicted molar refractivity (Wildman–Crippen MR) is 75.7 cm³/mol. The number of benzene rings is 1. The summed E-state index contributed by atoms with van der Waals surface area (Å²) in [5.41, 5.74) is 1.96. The zero-order chi connectivity index (χ0) is 12.1. The van der Waals surface area contributed by atoms with Gasteiger partial charge in [0, 0.05) is 16.7 Å². The molecule has 1 aromatic carbocycles. The van der Waals surface area contributed by atoms with Gasteiger partial charge in [0.15, 0.2) is 11.0 Å². The highest BCUT2D eigenvalue weighted by Crippen LogP contribution is 2.24. The highest BCUT2D eigenvalue weighted by Gasteiger charge is 2.04. The van der Waals surface area contributed by atoms with Gasteiger partial charge in [0.2, 0.25) is 0 Å². The highest BCUT2D eigenvalue weighted by atomic mass is 32.1. The summed E-state index contributed by atoms with van der Waals surface area (Å²) in [5.74, 6) is 0.560. The van der Waals surface area contributed by atoms with E-state index in [1.54, 1.807) is 6.08 Å². The number of rotatable bonds is 4. The van der Waals surface area contributed by atoms with Crippen molar-refractivity contribution in [3.8, 4) is 11.3 Å². The summed E-state index contributed by atoms with van der Waals surface area (Å²) in [4.78, 5) is 4.38. The fourth-order valence-electron chi connectivity index (χ4n) is 1.32. The Morgan fingerprint density at radius 1 is 1.41 bits per heavy atom. The van der Waals surface area contributed by atoms with Gasteiger partial charge in [0.25, 0.3) is 0 Å². The van der Waals surface area contributed by atoms with Crippen molar-refractivity contribution in [1.29, 1.82) is 0 Å². The van der Waals surface area contributed by atoms with Gasteiger partial charge in [-0.25, -0.2) is 4.98 Å². The summed E-state index contributed by atoms with van der Waals surface area (Å²) in [5, 5.41) is 14.9. The number of aliphatic hydroxyl groups is 1. The Kier molecular flexibility index (Phi) is 4.06. The second-order valence-electron chi connectivity index (χ2n) is 3.30. The molecule has 0 saturated carbocycles. The van der Waals surface area contributed by atoms with Crippen molar-refractivity contribution >= 4 is 29.1 Å². The van der Waals surface area contributed by atoms with E-state index in [0.717, 1.165) is 11.3 Å². The van der Waals surface area contributed by atoms with E-state index in [2.05, 4.69) is 22.9 Å². The van der Waals surface area contributed by atoms with Crippen molar-refractivity contribution in [3.63, 3.8) is 0 Å². The molecule has 2 rings (SSSR count). The smallest absolute Gasteiger partial charge is 0.190 e. The monoisotopic (exact) mass is 264 g/mol. The Morgan fingerprint density at radius 2 is 2.18 bits per heavy atom. The van der Waals surface area contributed by atoms with Crippen molar-refractivity contribution in [3.05, 3.63) is 47.7 Å². The number of nitrogens with one attached hydrogen (secondary N) is 1. The van der Waals surface area contributed by atoms with Crippen LogP contribution in [0.2, 0.25) is 0 Å². The Hall–Kier alpha value is -1.46. The zero-order valence-corrected chi connectivity index (χ0v) is 10.7. The summed E-state index contributed by atoms with van der Waals surface area (Å²) in [7, 11) is 0. The summed E-state index contributed by atoms with van der Waals surface area (Å²) in [6.07, 6.45) is 1.58. The van der Waals surface area contributed by atoms with Crippen molar-refractivity contribution in [2.24, 2.45) is 0 Å². The van der Waals surface area contributed by atoms with Crippen molar-refractivity contribution in [2.45, 2.75) is 0 Å². The maximum atomic E-state index is 9.45. The SMILES string of the molecule is O/C(=C/CS)Nc1nc(-c2ccccc2)cs1. The van der Waals surface area contributed by atoms with E-state index in [4.69, 9.17) is 0 Å². The molecular formula is C12H12N2OS2. The predicted octanol–water partition coefficient (Wildman–Crippen LogP) is 3.55. The summed E-state index contributed by atoms with van der Waals surface area (Å²) in [6.45, 7) is 0. The lowest BCUT2D eigenvalue weighted by atomic mass is 10.2. The van der Waals surface area contributed by atoms with Gasteiger partial charge < -0.3 is 10.4 Å². The van der Waals surface area contributed by atoms with Gasteiger partial charge in [-0.3, -0.25) is 0 Å². The molecule has 2 N–H and O–H groups in total. The quantitative estimate of drug-likeness (QED) is 0.584. The van der Waals surface area contributed by atoms with E-state index in [1.165, 1.54) is 11.3 Å². The Balaban J connectivity index is 2.14. The number of aromatic nitrogens is 1. The number of thiol groups is 1. The minimum atomic E-state index is 0.0777. The van der Waals surface area contributed by atoms with Gasteiger partial charge in [-0.2, -0.15) is 12.6 Å². The first-order chi connectivity index (χ1) is 8.29. The van der Waals surface area contributed by atoms with Crippen LogP contribution in [0.25, 0.3) is 11.3 Å². The topological polar surface area (TPSA) is 45.1 Å². The lowest BCUT2D eigenvalue weighted by Crippen LogP contribution is -1.97. The first-order valence-electron chi connectivity index (χ1n) is 5.07. The van der Waals surface area contributed by atoms with Crippen molar-refractivity contribution < 1.29 is 5.11 Å². The molecule has 0 radical (unpaired) electrons. The van der Waals surface area contributed by atoms with Crippen LogP contribution in [0.5, 0.6) is 0 Å². The number of anilines is 1. The number of hydrogen-bond acceptors (Lipinski definition) is 5. The van der Waals surface area contributed by atoms with Crippen LogP contribution in [0, 0.1) is 0 Å². The van der Waals surface area contributed by atoms with Crippen LogP contribution in [0.15, 0.2) is 47.7 Å². The third kappa shape index (κ3) is 3.25. The third-order valence-corrected chi connectivity index (χ3v) is 3.03. The fourth-order valence-corrected chi connectivity index (χ4v) is 2.22. The normalized spacial score (nSPS) is 11.5. The van der Waals surface area contributed by atoms with Gasteiger partial charge in [0.05, 0.1) is 5.69 Å². The molecular weight excluding hydrogens is 252 g/mol. The van der Waals surface area contributed by atoms with Gasteiger partial charge in [-0.05, 0) is 6.08 Å². The van der Waals surface area contributed by atoms with E-state index in [-0.39, 0.29) is 5.88 Å². The van der Waals surface area contributed by atoms with E-state index in [1.807, 2.05) is 35.7 Å². The molecule has 1 heterocycles. The fraction of sp³-hybridized carbons (Fsp3) is 0.0833. The lowest BCUT2D eigenvalue weighted by molar-refractivity contribution is 0.418. The van der Waals surface area contributed by atoms with Crippen molar-refractivity contribution in [2.75, 3.05) is 11.1 Å². The molecule has 2 aromatic rings. The van der Waals surface area contributed by atoms with E-state index >= 15 is 0 Å². The second-order valence-corrected chi connectivity index (χ2v) is 4.52. The maximum absolute atomic E-state index is 9.45. The molecule has 5 heteroatoms. The molecule has 0 fully saturated rings. The standard InChI is InChI=1S/C12H12N2OS2/c15-11(6-7-16)14-12-13-10(8-17-12)9-4-2-1-3-5-9/h1-6,8,15-16H,7H2,(H,13,14)/b11-6+. The first kappa shape index (κ1) is 12.0. The van der Waals surface area contributed by atoms with Crippen LogP contribution in [0.4, 0.5) is 5.13 Å². The van der Waals surface area contributed by atoms with Gasteiger partial charge in [-0.1, -0.05) is 30.3 Å². The molecule has 17 heavy (non-hydrogen) atoms. The Labute approximate surface area is 109 Å². The van der Waals surface area contributed by atoms with Crippen LogP contribution in [-0.4, -0.2) is 15.8 Å². The van der Waals surface area contributed by atoms with Crippen molar-refractivity contribution in [1.82, 2.24) is 4.98 Å². The first-order valence-corrected chi connectivity index (χ1v) is 6.59. The average Bonchev–Trinajstić information content (AvgIpc) is 2.79. The summed E-state index contributed by atoms with van der Waals surface area (Å²) in [6, 6.07) is 9.92. The molecule has 1 aromatic heterocycles. The average molecular weight is 264 g/mol. The molecule has 0 unspecified atom stereocenters. The zero-order valence-electron chi connectivity index (χ0n) is 9.00. The number of thiazole rings is 1. The van der Waals surface area contributed by atoms with E-state index in [0.29, 0.717) is 10.9 Å². The maximum Gasteiger partial charge on any atom is 0.190 e. The molecule has 0 bridgehead atoms. The molecule has 0 atom stereocenters. The molecule has 0 saturated heterocycles. The van der Waals surface area contributed by atoms with Crippen LogP contribution >= 0.6 is 24.0 Å². The van der Waals surface area contributed by atoms with Crippen LogP contribution in [-0.2, 0) is 0 Å². The Bertz CT molecular complexity index is 508. The molecule has 0 amide bonds. The molecule has 0 aliphatic carbocycles. The van der Waals surface area contributed by atoms with Gasteiger partial charge in [0.1, 0.15) is 0 Å². The number of nitrogens with zero attached hydrogens (tertiary/aromatic N) is 1. The minimum absolute atomic E-state index is 0.0777. The van der Waals surface area contributed by atoms with Crippen LogP contribution in [0.1, 0.15) is 0 Å². The molecule has 0 aliphatic rings. The minimum Gasteiger partial charge on any atom is -0.495 e. The molecule has 3 nitrogen and oxygen atoms in total. The molecule has 88 valence electrons. The van der Waals surface area contributed by atoms with Gasteiger partial charge in [-0.15, -0.1) is 11.3 Å². The molecule has 0 spiro atoms.